The van der Waals surface area contributed by atoms with Gasteiger partial charge in [0.1, 0.15) is 5.75 Å². The van der Waals surface area contributed by atoms with Gasteiger partial charge in [-0.25, -0.2) is 0 Å². The summed E-state index contributed by atoms with van der Waals surface area (Å²) in [5.74, 6) is 1.89. The maximum Gasteiger partial charge on any atom is 0.122 e. The molecule has 1 fully saturated rings. The molecule has 2 rings (SSSR count). The van der Waals surface area contributed by atoms with Crippen LogP contribution in [-0.4, -0.2) is 11.6 Å². The summed E-state index contributed by atoms with van der Waals surface area (Å²) < 4.78 is 5.52. The second-order valence-corrected chi connectivity index (χ2v) is 3.26. The maximum absolute atomic E-state index is 5.52. The second-order valence-electron chi connectivity index (χ2n) is 3.26. The predicted molar refractivity (Wildman–Crippen MR) is 47.1 cm³/mol. The normalized spacial score (nSPS) is 16.0. The Balaban J connectivity index is 1.72. The SMILES string of the molecule is c1cc(OCCC2CC2)ccn1. The number of aromatic nitrogens is 1. The summed E-state index contributed by atoms with van der Waals surface area (Å²) in [4.78, 5) is 3.92. The van der Waals surface area contributed by atoms with E-state index in [1.54, 1.807) is 12.4 Å². The van der Waals surface area contributed by atoms with Crippen molar-refractivity contribution < 1.29 is 4.74 Å². The van der Waals surface area contributed by atoms with Gasteiger partial charge in [0, 0.05) is 12.4 Å². The van der Waals surface area contributed by atoms with Crippen molar-refractivity contribution in [1.82, 2.24) is 4.98 Å². The summed E-state index contributed by atoms with van der Waals surface area (Å²) in [6.45, 7) is 0.856. The predicted octanol–water partition coefficient (Wildman–Crippen LogP) is 2.26. The number of rotatable bonds is 4. The zero-order valence-corrected chi connectivity index (χ0v) is 7.07. The highest BCUT2D eigenvalue weighted by molar-refractivity contribution is 5.16. The lowest BCUT2D eigenvalue weighted by Crippen LogP contribution is -1.97. The van der Waals surface area contributed by atoms with Crippen LogP contribution in [0.25, 0.3) is 0 Å². The van der Waals surface area contributed by atoms with Crippen LogP contribution in [0, 0.1) is 5.92 Å². The van der Waals surface area contributed by atoms with Crippen LogP contribution in [0.2, 0.25) is 0 Å². The van der Waals surface area contributed by atoms with Gasteiger partial charge in [0.05, 0.1) is 6.61 Å². The lowest BCUT2D eigenvalue weighted by Gasteiger charge is -2.03. The Hall–Kier alpha value is -1.05. The van der Waals surface area contributed by atoms with Gasteiger partial charge in [-0.1, -0.05) is 12.8 Å². The van der Waals surface area contributed by atoms with Gasteiger partial charge in [-0.15, -0.1) is 0 Å². The third kappa shape index (κ3) is 2.22. The Morgan fingerprint density at radius 2 is 2.08 bits per heavy atom. The Morgan fingerprint density at radius 3 is 2.75 bits per heavy atom. The van der Waals surface area contributed by atoms with Gasteiger partial charge in [-0.3, -0.25) is 4.98 Å². The zero-order valence-electron chi connectivity index (χ0n) is 7.07. The van der Waals surface area contributed by atoms with E-state index in [1.807, 2.05) is 12.1 Å². The summed E-state index contributed by atoms with van der Waals surface area (Å²) in [7, 11) is 0. The van der Waals surface area contributed by atoms with Crippen molar-refractivity contribution in [2.45, 2.75) is 19.3 Å². The highest BCUT2D eigenvalue weighted by Gasteiger charge is 2.20. The first-order chi connectivity index (χ1) is 5.95. The van der Waals surface area contributed by atoms with Gasteiger partial charge < -0.3 is 4.74 Å². The highest BCUT2D eigenvalue weighted by atomic mass is 16.5. The molecule has 0 bridgehead atoms. The molecule has 0 radical (unpaired) electrons. The fourth-order valence-electron chi connectivity index (χ4n) is 1.18. The molecule has 12 heavy (non-hydrogen) atoms. The summed E-state index contributed by atoms with van der Waals surface area (Å²) in [6, 6.07) is 3.79. The molecule has 1 aromatic rings. The molecule has 0 spiro atoms. The number of ether oxygens (including phenoxy) is 1. The van der Waals surface area contributed by atoms with Crippen LogP contribution in [0.5, 0.6) is 5.75 Å². The number of hydrogen-bond donors (Lipinski definition) is 0. The van der Waals surface area contributed by atoms with E-state index in [1.165, 1.54) is 19.3 Å². The molecule has 0 unspecified atom stereocenters. The van der Waals surface area contributed by atoms with Crippen LogP contribution in [0.4, 0.5) is 0 Å². The lowest BCUT2D eigenvalue weighted by atomic mass is 10.3. The van der Waals surface area contributed by atoms with Gasteiger partial charge in [-0.2, -0.15) is 0 Å². The molecule has 1 aromatic heterocycles. The lowest BCUT2D eigenvalue weighted by molar-refractivity contribution is 0.302. The molecule has 2 heteroatoms. The van der Waals surface area contributed by atoms with E-state index >= 15 is 0 Å². The molecule has 0 atom stereocenters. The van der Waals surface area contributed by atoms with E-state index in [2.05, 4.69) is 4.98 Å². The molecule has 1 saturated carbocycles. The van der Waals surface area contributed by atoms with Crippen molar-refractivity contribution in [2.24, 2.45) is 5.92 Å². The van der Waals surface area contributed by atoms with Crippen LogP contribution in [0.1, 0.15) is 19.3 Å². The Bertz CT molecular complexity index is 231. The molecule has 0 amide bonds. The highest BCUT2D eigenvalue weighted by Crippen LogP contribution is 2.32. The summed E-state index contributed by atoms with van der Waals surface area (Å²) in [6.07, 6.45) is 7.53. The molecule has 1 heterocycles. The molecule has 64 valence electrons. The number of nitrogens with zero attached hydrogens (tertiary/aromatic N) is 1. The van der Waals surface area contributed by atoms with Crippen LogP contribution in [0.15, 0.2) is 24.5 Å². The van der Waals surface area contributed by atoms with Crippen LogP contribution in [-0.2, 0) is 0 Å². The monoisotopic (exact) mass is 163 g/mol. The standard InChI is InChI=1S/C10H13NO/c1-2-9(1)5-8-12-10-3-6-11-7-4-10/h3-4,6-7,9H,1-2,5,8H2. The van der Waals surface area contributed by atoms with Crippen LogP contribution >= 0.6 is 0 Å². The van der Waals surface area contributed by atoms with E-state index in [0.29, 0.717) is 0 Å². The largest absolute Gasteiger partial charge is 0.493 e. The minimum atomic E-state index is 0.856. The van der Waals surface area contributed by atoms with Gasteiger partial charge in [0.2, 0.25) is 0 Å². The molecular formula is C10H13NO. The van der Waals surface area contributed by atoms with E-state index < -0.39 is 0 Å². The summed E-state index contributed by atoms with van der Waals surface area (Å²) in [5, 5.41) is 0. The average Bonchev–Trinajstić information content (AvgIpc) is 2.90. The van der Waals surface area contributed by atoms with E-state index in [0.717, 1.165) is 18.3 Å². The Labute approximate surface area is 72.6 Å². The third-order valence-electron chi connectivity index (χ3n) is 2.14. The minimum absolute atomic E-state index is 0.856. The van der Waals surface area contributed by atoms with Crippen LogP contribution in [0.3, 0.4) is 0 Å². The van der Waals surface area contributed by atoms with Crippen molar-refractivity contribution in [1.29, 1.82) is 0 Å². The molecule has 2 nitrogen and oxygen atoms in total. The molecule has 0 N–H and O–H groups in total. The molecule has 0 aliphatic heterocycles. The third-order valence-corrected chi connectivity index (χ3v) is 2.14. The zero-order chi connectivity index (χ0) is 8.23. The van der Waals surface area contributed by atoms with Crippen molar-refractivity contribution in [2.75, 3.05) is 6.61 Å². The van der Waals surface area contributed by atoms with Gasteiger partial charge >= 0.3 is 0 Å². The number of pyridine rings is 1. The van der Waals surface area contributed by atoms with Crippen molar-refractivity contribution in [3.8, 4) is 5.75 Å². The average molecular weight is 163 g/mol. The summed E-state index contributed by atoms with van der Waals surface area (Å²) >= 11 is 0. The fourth-order valence-corrected chi connectivity index (χ4v) is 1.18. The first-order valence-electron chi connectivity index (χ1n) is 4.48. The molecule has 1 aliphatic carbocycles. The summed E-state index contributed by atoms with van der Waals surface area (Å²) in [5.41, 5.74) is 0. The smallest absolute Gasteiger partial charge is 0.122 e. The Morgan fingerprint density at radius 1 is 1.33 bits per heavy atom. The topological polar surface area (TPSA) is 22.1 Å². The first kappa shape index (κ1) is 7.59. The molecule has 0 aromatic carbocycles. The van der Waals surface area contributed by atoms with Gasteiger partial charge in [0.15, 0.2) is 0 Å². The first-order valence-corrected chi connectivity index (χ1v) is 4.48. The van der Waals surface area contributed by atoms with Crippen molar-refractivity contribution in [3.05, 3.63) is 24.5 Å². The van der Waals surface area contributed by atoms with E-state index in [9.17, 15) is 0 Å². The van der Waals surface area contributed by atoms with E-state index in [4.69, 9.17) is 4.74 Å². The molecule has 1 aliphatic rings. The molecule has 0 saturated heterocycles. The second kappa shape index (κ2) is 3.57. The fraction of sp³-hybridized carbons (Fsp3) is 0.500. The quantitative estimate of drug-likeness (QED) is 0.679. The minimum Gasteiger partial charge on any atom is -0.493 e. The Kier molecular flexibility index (Phi) is 2.26. The van der Waals surface area contributed by atoms with Gasteiger partial charge in [-0.05, 0) is 24.5 Å². The maximum atomic E-state index is 5.52. The molecular weight excluding hydrogens is 150 g/mol. The number of hydrogen-bond acceptors (Lipinski definition) is 2. The van der Waals surface area contributed by atoms with Gasteiger partial charge in [0.25, 0.3) is 0 Å². The van der Waals surface area contributed by atoms with E-state index in [-0.39, 0.29) is 0 Å². The van der Waals surface area contributed by atoms with Crippen LogP contribution < -0.4 is 4.74 Å². The van der Waals surface area contributed by atoms with Crippen molar-refractivity contribution in [3.63, 3.8) is 0 Å². The van der Waals surface area contributed by atoms with Crippen molar-refractivity contribution >= 4 is 0 Å².